The monoisotopic (exact) mass is 1130 g/mol. The zero-order valence-electron chi connectivity index (χ0n) is 52.2. The Kier molecular flexibility index (Phi) is 54.4. The second kappa shape index (κ2) is 57.3. The lowest BCUT2D eigenvalue weighted by Gasteiger charge is -2.41. The molecule has 1 aliphatic heterocycles. The molecule has 1 aliphatic rings. The highest BCUT2D eigenvalue weighted by Gasteiger charge is 2.47. The van der Waals surface area contributed by atoms with Crippen LogP contribution in [0.2, 0.25) is 0 Å². The molecule has 0 aromatic heterocycles. The predicted octanol–water partition coefficient (Wildman–Crippen LogP) is 17.0. The fourth-order valence-corrected chi connectivity index (χ4v) is 10.9. The molecular weight excluding hydrogens is 1000 g/mol. The number of aliphatic hydroxyl groups excluding tert-OH is 5. The van der Waals surface area contributed by atoms with Crippen LogP contribution in [0.1, 0.15) is 329 Å². The maximum atomic E-state index is 13.4. The predicted molar refractivity (Wildman–Crippen MR) is 334 cm³/mol. The van der Waals surface area contributed by atoms with Crippen molar-refractivity contribution in [2.45, 2.75) is 378 Å². The summed E-state index contributed by atoms with van der Waals surface area (Å²) in [7, 11) is 0. The molecule has 0 aromatic rings. The number of nitrogens with one attached hydrogen (secondary N) is 1. The molecule has 8 unspecified atom stereocenters. The highest BCUT2D eigenvalue weighted by atomic mass is 16.7. The molecule has 1 heterocycles. The molecule has 0 bridgehead atoms. The van der Waals surface area contributed by atoms with Crippen molar-refractivity contribution in [3.63, 3.8) is 0 Å². The van der Waals surface area contributed by atoms with Crippen LogP contribution in [0, 0.1) is 0 Å². The SMILES string of the molecule is CCCCC/C=C\C/C=C\CCCCCCCCCCCCCCCCCC(=O)OC1C(OCC(NC(=O)C(O)CCCCCCCCCCCCCCC)C(O)/C=C/CCCCCCCCCCCCC)OC(CO)C(O)C1O. The second-order valence-corrected chi connectivity index (χ2v) is 23.9. The topological polar surface area (TPSA) is 175 Å². The summed E-state index contributed by atoms with van der Waals surface area (Å²) < 4.78 is 17.7. The van der Waals surface area contributed by atoms with E-state index in [-0.39, 0.29) is 13.0 Å². The number of amides is 1. The number of hydrogen-bond donors (Lipinski definition) is 6. The lowest BCUT2D eigenvalue weighted by molar-refractivity contribution is -0.305. The molecule has 0 aromatic carbocycles. The molecule has 1 amide bonds. The van der Waals surface area contributed by atoms with Crippen LogP contribution >= 0.6 is 0 Å². The number of carbonyl (C=O) groups excluding carboxylic acids is 2. The Hall–Kier alpha value is -2.12. The summed E-state index contributed by atoms with van der Waals surface area (Å²) in [5, 5.41) is 57.1. The van der Waals surface area contributed by atoms with Crippen molar-refractivity contribution in [2.75, 3.05) is 13.2 Å². The van der Waals surface area contributed by atoms with Crippen LogP contribution in [0.5, 0.6) is 0 Å². The summed E-state index contributed by atoms with van der Waals surface area (Å²) in [5.74, 6) is -1.18. The third-order valence-electron chi connectivity index (χ3n) is 16.3. The van der Waals surface area contributed by atoms with Gasteiger partial charge in [0.1, 0.15) is 24.4 Å². The molecule has 8 atom stereocenters. The van der Waals surface area contributed by atoms with Gasteiger partial charge < -0.3 is 45.1 Å². The largest absolute Gasteiger partial charge is 0.454 e. The van der Waals surface area contributed by atoms with Gasteiger partial charge in [-0.25, -0.2) is 0 Å². The van der Waals surface area contributed by atoms with Gasteiger partial charge in [0.15, 0.2) is 12.4 Å². The zero-order valence-corrected chi connectivity index (χ0v) is 52.2. The normalized spacial score (nSPS) is 18.9. The molecule has 11 nitrogen and oxygen atoms in total. The van der Waals surface area contributed by atoms with E-state index in [9.17, 15) is 35.1 Å². The van der Waals surface area contributed by atoms with Crippen LogP contribution in [-0.4, -0.2) is 99.6 Å². The number of esters is 1. The summed E-state index contributed by atoms with van der Waals surface area (Å²) in [6, 6.07) is -1.02. The van der Waals surface area contributed by atoms with Crippen molar-refractivity contribution in [3.05, 3.63) is 36.5 Å². The van der Waals surface area contributed by atoms with Crippen molar-refractivity contribution in [1.29, 1.82) is 0 Å². The third-order valence-corrected chi connectivity index (χ3v) is 16.3. The maximum Gasteiger partial charge on any atom is 0.306 e. The Balaban J connectivity index is 2.56. The number of allylic oxidation sites excluding steroid dienone is 5. The summed E-state index contributed by atoms with van der Waals surface area (Å²) in [6.45, 7) is 5.80. The first kappa shape index (κ1) is 75.9. The van der Waals surface area contributed by atoms with Gasteiger partial charge in [0.25, 0.3) is 0 Å². The average molecular weight is 1130 g/mol. The van der Waals surface area contributed by atoms with Crippen molar-refractivity contribution in [3.8, 4) is 0 Å². The minimum atomic E-state index is -1.61. The second-order valence-electron chi connectivity index (χ2n) is 23.9. The third kappa shape index (κ3) is 44.4. The molecule has 0 radical (unpaired) electrons. The van der Waals surface area contributed by atoms with E-state index in [1.165, 1.54) is 218 Å². The van der Waals surface area contributed by atoms with Crippen LogP contribution in [0.25, 0.3) is 0 Å². The molecule has 80 heavy (non-hydrogen) atoms. The van der Waals surface area contributed by atoms with E-state index in [1.807, 2.05) is 6.08 Å². The average Bonchev–Trinajstić information content (AvgIpc) is 3.45. The number of hydrogen-bond acceptors (Lipinski definition) is 10. The summed E-state index contributed by atoms with van der Waals surface area (Å²) in [5.41, 5.74) is 0. The van der Waals surface area contributed by atoms with E-state index in [0.717, 1.165) is 64.2 Å². The number of rotatable bonds is 59. The molecule has 0 aliphatic carbocycles. The van der Waals surface area contributed by atoms with Gasteiger partial charge in [0.2, 0.25) is 5.91 Å². The summed E-state index contributed by atoms with van der Waals surface area (Å²) in [4.78, 5) is 26.6. The van der Waals surface area contributed by atoms with Crippen molar-refractivity contribution in [1.82, 2.24) is 5.32 Å². The molecule has 11 heteroatoms. The summed E-state index contributed by atoms with van der Waals surface area (Å²) >= 11 is 0. The van der Waals surface area contributed by atoms with Crippen LogP contribution in [-0.2, 0) is 23.8 Å². The lowest BCUT2D eigenvalue weighted by atomic mass is 9.99. The highest BCUT2D eigenvalue weighted by Crippen LogP contribution is 2.26. The van der Waals surface area contributed by atoms with E-state index >= 15 is 0 Å². The summed E-state index contributed by atoms with van der Waals surface area (Å²) in [6.07, 6.45) is 59.0. The van der Waals surface area contributed by atoms with E-state index in [2.05, 4.69) is 50.4 Å². The van der Waals surface area contributed by atoms with Crippen molar-refractivity contribution in [2.24, 2.45) is 0 Å². The van der Waals surface area contributed by atoms with E-state index < -0.39 is 67.4 Å². The Morgan fingerprint density at radius 3 is 1.30 bits per heavy atom. The zero-order chi connectivity index (χ0) is 58.2. The van der Waals surface area contributed by atoms with Crippen LogP contribution in [0.4, 0.5) is 0 Å². The maximum absolute atomic E-state index is 13.4. The number of unbranched alkanes of at least 4 members (excludes halogenated alkanes) is 41. The van der Waals surface area contributed by atoms with Gasteiger partial charge in [-0.2, -0.15) is 0 Å². The first-order valence-corrected chi connectivity index (χ1v) is 34.3. The first-order valence-electron chi connectivity index (χ1n) is 34.3. The van der Waals surface area contributed by atoms with Gasteiger partial charge in [-0.3, -0.25) is 9.59 Å². The Labute approximate surface area is 492 Å². The molecule has 0 spiro atoms. The number of aliphatic hydroxyl groups is 5. The fraction of sp³-hybridized carbons (Fsp3) is 0.884. The smallest absolute Gasteiger partial charge is 0.306 e. The van der Waals surface area contributed by atoms with Crippen molar-refractivity contribution >= 4 is 11.9 Å². The minimum Gasteiger partial charge on any atom is -0.454 e. The number of carbonyl (C=O) groups is 2. The Morgan fingerprint density at radius 1 is 0.487 bits per heavy atom. The van der Waals surface area contributed by atoms with Gasteiger partial charge in [-0.05, 0) is 57.8 Å². The molecule has 1 saturated heterocycles. The molecule has 1 rings (SSSR count). The first-order chi connectivity index (χ1) is 39.2. The minimum absolute atomic E-state index is 0.127. The standard InChI is InChI=1S/C69H129NO10/c1-4-7-10-13-16-19-22-25-26-27-28-29-30-31-32-33-34-35-36-39-42-45-48-51-54-57-64(74)80-67-66(76)65(75)63(58-71)79-69(67)78-59-60(61(72)55-52-49-46-43-40-37-23-20-17-14-11-8-5-2)70-68(77)62(73)56-53-50-47-44-41-38-24-21-18-15-12-9-6-3/h16,19,25-26,52,55,60-63,65-67,69,71-73,75-76H,4-15,17-18,20-24,27-51,53-54,56-59H2,1-3H3,(H,70,77)/b19-16-,26-25-,55-52+. The Morgan fingerprint density at radius 2 is 0.863 bits per heavy atom. The molecule has 0 saturated carbocycles. The van der Waals surface area contributed by atoms with Gasteiger partial charge in [0.05, 0.1) is 25.4 Å². The Bertz CT molecular complexity index is 1440. The van der Waals surface area contributed by atoms with E-state index in [4.69, 9.17) is 14.2 Å². The molecule has 6 N–H and O–H groups in total. The number of ether oxygens (including phenoxy) is 3. The molecular formula is C69H129NO10. The van der Waals surface area contributed by atoms with Gasteiger partial charge in [-0.15, -0.1) is 0 Å². The fourth-order valence-electron chi connectivity index (χ4n) is 10.9. The highest BCUT2D eigenvalue weighted by molar-refractivity contribution is 5.80. The lowest BCUT2D eigenvalue weighted by Crippen LogP contribution is -2.61. The van der Waals surface area contributed by atoms with E-state index in [1.54, 1.807) is 6.08 Å². The van der Waals surface area contributed by atoms with Crippen LogP contribution in [0.15, 0.2) is 36.5 Å². The quantitative estimate of drug-likeness (QED) is 0.0195. The van der Waals surface area contributed by atoms with Crippen molar-refractivity contribution < 1.29 is 49.3 Å². The van der Waals surface area contributed by atoms with Gasteiger partial charge in [-0.1, -0.05) is 301 Å². The molecule has 470 valence electrons. The van der Waals surface area contributed by atoms with Gasteiger partial charge >= 0.3 is 5.97 Å². The van der Waals surface area contributed by atoms with Gasteiger partial charge in [0, 0.05) is 6.42 Å². The van der Waals surface area contributed by atoms with Crippen LogP contribution < -0.4 is 5.32 Å². The van der Waals surface area contributed by atoms with E-state index in [0.29, 0.717) is 19.3 Å². The molecule has 1 fully saturated rings. The van der Waals surface area contributed by atoms with Crippen LogP contribution in [0.3, 0.4) is 0 Å².